The van der Waals surface area contributed by atoms with Crippen molar-refractivity contribution in [1.29, 1.82) is 0 Å². The molecule has 0 aliphatic heterocycles. The predicted molar refractivity (Wildman–Crippen MR) is 88.2 cm³/mol. The first kappa shape index (κ1) is 17.7. The third-order valence-electron chi connectivity index (χ3n) is 4.29. The first-order valence-electron chi connectivity index (χ1n) is 7.78. The maximum atomic E-state index is 13.4. The smallest absolute Gasteiger partial charge is 0.243 e. The van der Waals surface area contributed by atoms with E-state index < -0.39 is 15.8 Å². The number of carbonyl (C=O) groups is 1. The van der Waals surface area contributed by atoms with E-state index in [2.05, 4.69) is 0 Å². The Morgan fingerprint density at radius 2 is 1.91 bits per heavy atom. The first-order valence-corrected chi connectivity index (χ1v) is 9.63. The van der Waals surface area contributed by atoms with Crippen LogP contribution in [0.2, 0.25) is 0 Å². The van der Waals surface area contributed by atoms with Crippen LogP contribution in [-0.4, -0.2) is 45.1 Å². The molecule has 1 aliphatic rings. The Labute approximate surface area is 137 Å². The van der Waals surface area contributed by atoms with Gasteiger partial charge in [-0.25, -0.2) is 12.8 Å². The van der Waals surface area contributed by atoms with E-state index in [1.165, 1.54) is 24.6 Å². The number of amides is 1. The molecule has 2 rings (SSSR count). The van der Waals surface area contributed by atoms with E-state index in [4.69, 9.17) is 0 Å². The van der Waals surface area contributed by atoms with Gasteiger partial charge in [0.1, 0.15) is 12.4 Å². The number of likely N-dealkylation sites (N-methyl/N-ethyl adjacent to an activating group) is 1. The van der Waals surface area contributed by atoms with Gasteiger partial charge in [0.15, 0.2) is 0 Å². The Morgan fingerprint density at radius 3 is 2.48 bits per heavy atom. The number of hydrogen-bond donors (Lipinski definition) is 0. The highest BCUT2D eigenvalue weighted by Crippen LogP contribution is 2.23. The maximum absolute atomic E-state index is 13.4. The van der Waals surface area contributed by atoms with Crippen molar-refractivity contribution in [2.45, 2.75) is 38.1 Å². The number of sulfonamides is 1. The summed E-state index contributed by atoms with van der Waals surface area (Å²) < 4.78 is 38.4. The molecule has 7 heteroatoms. The summed E-state index contributed by atoms with van der Waals surface area (Å²) in [6, 6.07) is 5.43. The molecule has 1 aromatic carbocycles. The van der Waals surface area contributed by atoms with E-state index in [1.54, 1.807) is 11.9 Å². The Hall–Kier alpha value is -1.63. The van der Waals surface area contributed by atoms with Gasteiger partial charge >= 0.3 is 0 Å². The fraction of sp³-hybridized carbons (Fsp3) is 0.562. The number of benzene rings is 1. The highest BCUT2D eigenvalue weighted by atomic mass is 32.2. The molecule has 0 atom stereocenters. The van der Waals surface area contributed by atoms with Gasteiger partial charge in [-0.1, -0.05) is 25.3 Å². The molecule has 0 saturated heterocycles. The number of rotatable bonds is 5. The molecule has 0 spiro atoms. The van der Waals surface area contributed by atoms with Crippen molar-refractivity contribution < 1.29 is 17.6 Å². The topological polar surface area (TPSA) is 57.7 Å². The minimum absolute atomic E-state index is 0.158. The second-order valence-corrected chi connectivity index (χ2v) is 7.95. The van der Waals surface area contributed by atoms with Gasteiger partial charge in [-0.15, -0.1) is 0 Å². The summed E-state index contributed by atoms with van der Waals surface area (Å²) in [6.45, 7) is -0.310. The standard InChI is InChI=1S/C16H23FN2O3S/c1-18(14-8-4-3-5-9-14)16(20)12-19(23(2,21)22)15-10-6-7-13(17)11-15/h6-7,10-11,14H,3-5,8-9,12H2,1-2H3. The number of nitrogens with zero attached hydrogens (tertiary/aromatic N) is 2. The van der Waals surface area contributed by atoms with Gasteiger partial charge in [-0.3, -0.25) is 9.10 Å². The molecule has 0 radical (unpaired) electrons. The van der Waals surface area contributed by atoms with E-state index in [0.717, 1.165) is 42.3 Å². The summed E-state index contributed by atoms with van der Waals surface area (Å²) in [5, 5.41) is 0. The predicted octanol–water partition coefficient (Wildman–Crippen LogP) is 2.38. The van der Waals surface area contributed by atoms with Gasteiger partial charge in [-0.05, 0) is 31.0 Å². The van der Waals surface area contributed by atoms with Crippen LogP contribution >= 0.6 is 0 Å². The van der Waals surface area contributed by atoms with Gasteiger partial charge < -0.3 is 4.90 Å². The highest BCUT2D eigenvalue weighted by Gasteiger charge is 2.27. The molecule has 1 aromatic rings. The summed E-state index contributed by atoms with van der Waals surface area (Å²) in [6.07, 6.45) is 6.26. The Balaban J connectivity index is 2.16. The lowest BCUT2D eigenvalue weighted by Crippen LogP contribution is -2.45. The molecule has 23 heavy (non-hydrogen) atoms. The number of anilines is 1. The number of hydrogen-bond acceptors (Lipinski definition) is 3. The van der Waals surface area contributed by atoms with Crippen molar-refractivity contribution in [3.63, 3.8) is 0 Å². The minimum Gasteiger partial charge on any atom is -0.341 e. The van der Waals surface area contributed by atoms with Gasteiger partial charge in [0, 0.05) is 13.1 Å². The fourth-order valence-corrected chi connectivity index (χ4v) is 3.78. The van der Waals surface area contributed by atoms with Crippen molar-refractivity contribution in [2.75, 3.05) is 24.2 Å². The SMILES string of the molecule is CN(C(=O)CN(c1cccc(F)c1)S(C)(=O)=O)C1CCCCC1. The lowest BCUT2D eigenvalue weighted by molar-refractivity contribution is -0.130. The zero-order valence-corrected chi connectivity index (χ0v) is 14.4. The lowest BCUT2D eigenvalue weighted by Gasteiger charge is -2.33. The molecule has 128 valence electrons. The fourth-order valence-electron chi connectivity index (χ4n) is 2.94. The third-order valence-corrected chi connectivity index (χ3v) is 5.43. The van der Waals surface area contributed by atoms with Crippen LogP contribution in [0.15, 0.2) is 24.3 Å². The molecular formula is C16H23FN2O3S. The number of carbonyl (C=O) groups excluding carboxylic acids is 1. The first-order chi connectivity index (χ1) is 10.8. The third kappa shape index (κ3) is 4.67. The van der Waals surface area contributed by atoms with Crippen LogP contribution in [0.3, 0.4) is 0 Å². The second kappa shape index (κ2) is 7.29. The van der Waals surface area contributed by atoms with E-state index in [-0.39, 0.29) is 24.2 Å². The Kier molecular flexibility index (Phi) is 5.62. The minimum atomic E-state index is -3.67. The van der Waals surface area contributed by atoms with Crippen LogP contribution in [0.4, 0.5) is 10.1 Å². The van der Waals surface area contributed by atoms with Gasteiger partial charge in [0.2, 0.25) is 15.9 Å². The second-order valence-electron chi connectivity index (χ2n) is 6.05. The summed E-state index contributed by atoms with van der Waals surface area (Å²) >= 11 is 0. The zero-order chi connectivity index (χ0) is 17.0. The van der Waals surface area contributed by atoms with E-state index >= 15 is 0 Å². The molecule has 1 fully saturated rings. The summed E-state index contributed by atoms with van der Waals surface area (Å²) in [5.41, 5.74) is 0.165. The summed E-state index contributed by atoms with van der Waals surface area (Å²) in [4.78, 5) is 14.1. The largest absolute Gasteiger partial charge is 0.341 e. The Morgan fingerprint density at radius 1 is 1.26 bits per heavy atom. The zero-order valence-electron chi connectivity index (χ0n) is 13.5. The molecule has 0 aromatic heterocycles. The number of halogens is 1. The van der Waals surface area contributed by atoms with Crippen molar-refractivity contribution in [3.05, 3.63) is 30.1 Å². The molecule has 5 nitrogen and oxygen atoms in total. The molecule has 0 heterocycles. The normalized spacial score (nSPS) is 16.1. The van der Waals surface area contributed by atoms with Crippen LogP contribution < -0.4 is 4.31 Å². The molecular weight excluding hydrogens is 319 g/mol. The summed E-state index contributed by atoms with van der Waals surface area (Å²) in [7, 11) is -1.96. The monoisotopic (exact) mass is 342 g/mol. The molecule has 0 N–H and O–H groups in total. The van der Waals surface area contributed by atoms with Crippen molar-refractivity contribution in [3.8, 4) is 0 Å². The summed E-state index contributed by atoms with van der Waals surface area (Å²) in [5.74, 6) is -0.809. The van der Waals surface area contributed by atoms with Gasteiger partial charge in [0.05, 0.1) is 11.9 Å². The Bertz CT molecular complexity index is 657. The molecule has 0 bridgehead atoms. The molecule has 1 saturated carbocycles. The van der Waals surface area contributed by atoms with Gasteiger partial charge in [0.25, 0.3) is 0 Å². The van der Waals surface area contributed by atoms with Crippen molar-refractivity contribution in [1.82, 2.24) is 4.90 Å². The van der Waals surface area contributed by atoms with Crippen LogP contribution in [0.1, 0.15) is 32.1 Å². The van der Waals surface area contributed by atoms with Crippen LogP contribution in [0.5, 0.6) is 0 Å². The van der Waals surface area contributed by atoms with Crippen LogP contribution in [0, 0.1) is 5.82 Å². The van der Waals surface area contributed by atoms with E-state index in [0.29, 0.717) is 0 Å². The van der Waals surface area contributed by atoms with Crippen LogP contribution in [-0.2, 0) is 14.8 Å². The highest BCUT2D eigenvalue weighted by molar-refractivity contribution is 7.92. The van der Waals surface area contributed by atoms with Crippen molar-refractivity contribution >= 4 is 21.6 Å². The van der Waals surface area contributed by atoms with E-state index in [9.17, 15) is 17.6 Å². The quantitative estimate of drug-likeness (QED) is 0.825. The van der Waals surface area contributed by atoms with Crippen molar-refractivity contribution in [2.24, 2.45) is 0 Å². The molecule has 0 unspecified atom stereocenters. The maximum Gasteiger partial charge on any atom is 0.243 e. The van der Waals surface area contributed by atoms with E-state index in [1.807, 2.05) is 0 Å². The molecule has 1 aliphatic carbocycles. The average Bonchev–Trinajstić information content (AvgIpc) is 2.51. The van der Waals surface area contributed by atoms with Gasteiger partial charge in [-0.2, -0.15) is 0 Å². The average molecular weight is 342 g/mol. The lowest BCUT2D eigenvalue weighted by atomic mass is 9.94. The molecule has 1 amide bonds. The van der Waals surface area contributed by atoms with Crippen LogP contribution in [0.25, 0.3) is 0 Å².